The lowest BCUT2D eigenvalue weighted by Crippen LogP contribution is -2.36. The molecule has 0 saturated carbocycles. The van der Waals surface area contributed by atoms with Gasteiger partial charge < -0.3 is 5.32 Å². The fourth-order valence-corrected chi connectivity index (χ4v) is 3.96. The molecule has 0 radical (unpaired) electrons. The van der Waals surface area contributed by atoms with Crippen LogP contribution in [0.15, 0.2) is 29.6 Å². The Morgan fingerprint density at radius 3 is 2.95 bits per heavy atom. The van der Waals surface area contributed by atoms with E-state index < -0.39 is 0 Å². The van der Waals surface area contributed by atoms with Crippen molar-refractivity contribution in [1.82, 2.24) is 10.2 Å². The molecule has 1 aliphatic rings. The number of hydrogen-bond acceptors (Lipinski definition) is 3. The number of hydrogen-bond donors (Lipinski definition) is 1. The van der Waals surface area contributed by atoms with E-state index in [-0.39, 0.29) is 12.4 Å². The van der Waals surface area contributed by atoms with Crippen molar-refractivity contribution in [3.05, 3.63) is 35.2 Å². The Labute approximate surface area is 131 Å². The van der Waals surface area contributed by atoms with Gasteiger partial charge in [0.15, 0.2) is 0 Å². The van der Waals surface area contributed by atoms with E-state index in [1.807, 2.05) is 11.3 Å². The standard InChI is InChI=1S/C16H22N2S.ClH/c1-2-9-18(14-7-8-17-10-14)11-13-12-19-16-6-4-3-5-15(13)16;/h3-6,12,14,17H,2,7-11H2,1H3;1H. The number of benzene rings is 1. The molecule has 0 amide bonds. The summed E-state index contributed by atoms with van der Waals surface area (Å²) in [7, 11) is 0. The number of halogens is 1. The van der Waals surface area contributed by atoms with Gasteiger partial charge in [-0.1, -0.05) is 25.1 Å². The summed E-state index contributed by atoms with van der Waals surface area (Å²) < 4.78 is 1.42. The Kier molecular flexibility index (Phi) is 5.85. The van der Waals surface area contributed by atoms with Gasteiger partial charge in [-0.15, -0.1) is 23.7 Å². The highest BCUT2D eigenvalue weighted by molar-refractivity contribution is 7.17. The third-order valence-electron chi connectivity index (χ3n) is 4.00. The molecule has 1 unspecified atom stereocenters. The van der Waals surface area contributed by atoms with Crippen molar-refractivity contribution in [2.75, 3.05) is 19.6 Å². The van der Waals surface area contributed by atoms with Crippen LogP contribution in [0.5, 0.6) is 0 Å². The molecule has 1 aromatic carbocycles. The highest BCUT2D eigenvalue weighted by Gasteiger charge is 2.22. The Morgan fingerprint density at radius 1 is 1.35 bits per heavy atom. The fourth-order valence-electron chi connectivity index (χ4n) is 3.00. The molecule has 2 aromatic rings. The Hall–Kier alpha value is -0.610. The average Bonchev–Trinajstić information content (AvgIpc) is 3.08. The van der Waals surface area contributed by atoms with Gasteiger partial charge in [-0.2, -0.15) is 0 Å². The van der Waals surface area contributed by atoms with Crippen LogP contribution >= 0.6 is 23.7 Å². The molecule has 1 aliphatic heterocycles. The van der Waals surface area contributed by atoms with E-state index in [0.717, 1.165) is 19.1 Å². The number of nitrogens with one attached hydrogen (secondary N) is 1. The van der Waals surface area contributed by atoms with Gasteiger partial charge in [0.1, 0.15) is 0 Å². The molecular weight excluding hydrogens is 288 g/mol. The van der Waals surface area contributed by atoms with Crippen LogP contribution in [0.4, 0.5) is 0 Å². The van der Waals surface area contributed by atoms with Crippen molar-refractivity contribution in [2.24, 2.45) is 0 Å². The van der Waals surface area contributed by atoms with Gasteiger partial charge >= 0.3 is 0 Å². The van der Waals surface area contributed by atoms with Crippen LogP contribution < -0.4 is 5.32 Å². The lowest BCUT2D eigenvalue weighted by molar-refractivity contribution is 0.200. The summed E-state index contributed by atoms with van der Waals surface area (Å²) in [5, 5.41) is 7.28. The summed E-state index contributed by atoms with van der Waals surface area (Å²) in [6.45, 7) is 6.92. The van der Waals surface area contributed by atoms with E-state index in [1.165, 1.54) is 41.6 Å². The molecular formula is C16H23ClN2S. The minimum Gasteiger partial charge on any atom is -0.315 e. The first kappa shape index (κ1) is 15.8. The largest absolute Gasteiger partial charge is 0.315 e. The van der Waals surface area contributed by atoms with E-state index in [9.17, 15) is 0 Å². The molecule has 0 aliphatic carbocycles. The Balaban J connectivity index is 0.00000147. The Bertz CT molecular complexity index is 534. The second kappa shape index (κ2) is 7.41. The third kappa shape index (κ3) is 3.34. The maximum Gasteiger partial charge on any atom is 0.0346 e. The van der Waals surface area contributed by atoms with Gasteiger partial charge in [-0.3, -0.25) is 4.90 Å². The summed E-state index contributed by atoms with van der Waals surface area (Å²) in [5.74, 6) is 0. The van der Waals surface area contributed by atoms with Crippen molar-refractivity contribution in [2.45, 2.75) is 32.4 Å². The summed E-state index contributed by atoms with van der Waals surface area (Å²) >= 11 is 1.87. The number of fused-ring (bicyclic) bond motifs is 1. The van der Waals surface area contributed by atoms with Crippen LogP contribution in [-0.4, -0.2) is 30.6 Å². The highest BCUT2D eigenvalue weighted by atomic mass is 35.5. The van der Waals surface area contributed by atoms with E-state index in [4.69, 9.17) is 0 Å². The van der Waals surface area contributed by atoms with Crippen LogP contribution in [0.1, 0.15) is 25.3 Å². The lowest BCUT2D eigenvalue weighted by Gasteiger charge is -2.27. The molecule has 1 saturated heterocycles. The first-order valence-electron chi connectivity index (χ1n) is 7.28. The molecule has 0 bridgehead atoms. The van der Waals surface area contributed by atoms with Crippen molar-refractivity contribution in [3.63, 3.8) is 0 Å². The van der Waals surface area contributed by atoms with Crippen molar-refractivity contribution in [3.8, 4) is 0 Å². The van der Waals surface area contributed by atoms with Gasteiger partial charge in [-0.25, -0.2) is 0 Å². The van der Waals surface area contributed by atoms with Crippen molar-refractivity contribution >= 4 is 33.8 Å². The lowest BCUT2D eigenvalue weighted by atomic mass is 10.1. The van der Waals surface area contributed by atoms with Crippen molar-refractivity contribution < 1.29 is 0 Å². The van der Waals surface area contributed by atoms with E-state index in [2.05, 4.69) is 46.8 Å². The normalized spacial score (nSPS) is 18.6. The zero-order valence-corrected chi connectivity index (χ0v) is 13.6. The van der Waals surface area contributed by atoms with Gasteiger partial charge in [0.2, 0.25) is 0 Å². The second-order valence-corrected chi connectivity index (χ2v) is 6.29. The molecule has 20 heavy (non-hydrogen) atoms. The van der Waals surface area contributed by atoms with Crippen LogP contribution in [0.25, 0.3) is 10.1 Å². The number of nitrogens with zero attached hydrogens (tertiary/aromatic N) is 1. The summed E-state index contributed by atoms with van der Waals surface area (Å²) in [5.41, 5.74) is 1.50. The maximum absolute atomic E-state index is 3.49. The zero-order chi connectivity index (χ0) is 13.1. The molecule has 1 atom stereocenters. The third-order valence-corrected chi connectivity index (χ3v) is 5.01. The number of thiophene rings is 1. The van der Waals surface area contributed by atoms with Gasteiger partial charge in [-0.05, 0) is 48.3 Å². The molecule has 2 nitrogen and oxygen atoms in total. The van der Waals surface area contributed by atoms with Crippen LogP contribution in [0.2, 0.25) is 0 Å². The predicted octanol–water partition coefficient (Wildman–Crippen LogP) is 3.90. The summed E-state index contributed by atoms with van der Waals surface area (Å²) in [6, 6.07) is 9.49. The van der Waals surface area contributed by atoms with Gasteiger partial charge in [0, 0.05) is 23.8 Å². The van der Waals surface area contributed by atoms with Crippen molar-refractivity contribution in [1.29, 1.82) is 0 Å². The van der Waals surface area contributed by atoms with Crippen LogP contribution in [0, 0.1) is 0 Å². The fraction of sp³-hybridized carbons (Fsp3) is 0.500. The quantitative estimate of drug-likeness (QED) is 0.901. The smallest absolute Gasteiger partial charge is 0.0346 e. The average molecular weight is 311 g/mol. The summed E-state index contributed by atoms with van der Waals surface area (Å²) in [6.07, 6.45) is 2.53. The van der Waals surface area contributed by atoms with E-state index in [1.54, 1.807) is 0 Å². The Morgan fingerprint density at radius 2 is 2.20 bits per heavy atom. The van der Waals surface area contributed by atoms with E-state index >= 15 is 0 Å². The molecule has 2 heterocycles. The molecule has 3 rings (SSSR count). The van der Waals surface area contributed by atoms with Crippen LogP contribution in [-0.2, 0) is 6.54 Å². The molecule has 110 valence electrons. The second-order valence-electron chi connectivity index (χ2n) is 5.37. The minimum absolute atomic E-state index is 0. The first-order valence-corrected chi connectivity index (χ1v) is 8.16. The SMILES string of the molecule is CCCN(Cc1csc2ccccc12)C1CCNC1.Cl. The minimum atomic E-state index is 0. The van der Waals surface area contributed by atoms with E-state index in [0.29, 0.717) is 0 Å². The zero-order valence-electron chi connectivity index (χ0n) is 12.0. The topological polar surface area (TPSA) is 15.3 Å². The molecule has 1 aromatic heterocycles. The maximum atomic E-state index is 3.49. The predicted molar refractivity (Wildman–Crippen MR) is 91.0 cm³/mol. The summed E-state index contributed by atoms with van der Waals surface area (Å²) in [4.78, 5) is 2.66. The molecule has 4 heteroatoms. The van der Waals surface area contributed by atoms with Gasteiger partial charge in [0.25, 0.3) is 0 Å². The highest BCUT2D eigenvalue weighted by Crippen LogP contribution is 2.27. The van der Waals surface area contributed by atoms with Gasteiger partial charge in [0.05, 0.1) is 0 Å². The molecule has 1 N–H and O–H groups in total. The number of rotatable bonds is 5. The monoisotopic (exact) mass is 310 g/mol. The molecule has 1 fully saturated rings. The molecule has 0 spiro atoms. The first-order chi connectivity index (χ1) is 9.38. The van der Waals surface area contributed by atoms with Crippen LogP contribution in [0.3, 0.4) is 0 Å².